The molecule has 0 fully saturated rings. The normalized spacial score (nSPS) is 15.1. The zero-order valence-electron chi connectivity index (χ0n) is 16.4. The fourth-order valence-electron chi connectivity index (χ4n) is 3.53. The van der Waals surface area contributed by atoms with Crippen molar-refractivity contribution in [3.05, 3.63) is 58.9 Å². The second-order valence-electron chi connectivity index (χ2n) is 7.12. The molecule has 29 heavy (non-hydrogen) atoms. The van der Waals surface area contributed by atoms with Gasteiger partial charge < -0.3 is 10.1 Å². The van der Waals surface area contributed by atoms with Gasteiger partial charge in [-0.1, -0.05) is 24.9 Å². The largest absolute Gasteiger partial charge is 0.486 e. The van der Waals surface area contributed by atoms with Crippen LogP contribution in [0, 0.1) is 0 Å². The van der Waals surface area contributed by atoms with Crippen molar-refractivity contribution < 1.29 is 9.53 Å². The number of ether oxygens (including phenoxy) is 1. The number of aromatic nitrogens is 4. The molecule has 0 radical (unpaired) electrons. The van der Waals surface area contributed by atoms with Crippen molar-refractivity contribution in [1.82, 2.24) is 25.1 Å². The lowest BCUT2D eigenvalue weighted by molar-refractivity contribution is 0.0924. The third kappa shape index (κ3) is 4.10. The lowest BCUT2D eigenvalue weighted by Crippen LogP contribution is -2.35. The molecular weight excluding hydrogens is 390 g/mol. The van der Waals surface area contributed by atoms with Gasteiger partial charge in [0, 0.05) is 37.0 Å². The summed E-state index contributed by atoms with van der Waals surface area (Å²) in [4.78, 5) is 20.7. The van der Waals surface area contributed by atoms with E-state index >= 15 is 0 Å². The van der Waals surface area contributed by atoms with E-state index in [1.807, 2.05) is 18.2 Å². The van der Waals surface area contributed by atoms with E-state index in [1.54, 1.807) is 24.1 Å². The molecule has 0 aliphatic carbocycles. The Balaban J connectivity index is 1.42. The van der Waals surface area contributed by atoms with Crippen molar-refractivity contribution in [2.45, 2.75) is 32.3 Å². The lowest BCUT2D eigenvalue weighted by atomic mass is 10.0. The number of aryl methyl sites for hydroxylation is 2. The summed E-state index contributed by atoms with van der Waals surface area (Å²) < 4.78 is 7.61. The van der Waals surface area contributed by atoms with Gasteiger partial charge in [-0.05, 0) is 30.2 Å². The van der Waals surface area contributed by atoms with Crippen LogP contribution in [-0.2, 0) is 19.9 Å². The molecule has 1 aromatic carbocycles. The Morgan fingerprint density at radius 3 is 2.83 bits per heavy atom. The third-order valence-electron chi connectivity index (χ3n) is 4.91. The monoisotopic (exact) mass is 411 g/mol. The molecule has 4 rings (SSSR count). The second-order valence-corrected chi connectivity index (χ2v) is 7.53. The molecule has 0 saturated heterocycles. The highest BCUT2D eigenvalue weighted by atomic mass is 35.5. The van der Waals surface area contributed by atoms with Crippen molar-refractivity contribution in [2.75, 3.05) is 6.54 Å². The Hall–Kier alpha value is -2.93. The van der Waals surface area contributed by atoms with E-state index in [0.717, 1.165) is 35.2 Å². The lowest BCUT2D eigenvalue weighted by Gasteiger charge is -2.12. The van der Waals surface area contributed by atoms with Gasteiger partial charge in [0.05, 0.1) is 17.3 Å². The number of carbonyl (C=O) groups is 1. The molecule has 1 N–H and O–H groups in total. The van der Waals surface area contributed by atoms with E-state index in [2.05, 4.69) is 27.3 Å². The molecule has 2 aromatic heterocycles. The number of nitrogens with one attached hydrogen (secondary N) is 1. The summed E-state index contributed by atoms with van der Waals surface area (Å²) in [5.74, 6) is 0.521. The van der Waals surface area contributed by atoms with Gasteiger partial charge >= 0.3 is 0 Å². The van der Waals surface area contributed by atoms with Gasteiger partial charge in [0.2, 0.25) is 0 Å². The molecule has 7 nitrogen and oxygen atoms in total. The van der Waals surface area contributed by atoms with Crippen molar-refractivity contribution in [2.24, 2.45) is 7.05 Å². The Kier molecular flexibility index (Phi) is 5.49. The molecule has 3 heterocycles. The Bertz CT molecular complexity index is 1040. The molecule has 8 heteroatoms. The molecule has 0 saturated carbocycles. The summed E-state index contributed by atoms with van der Waals surface area (Å²) >= 11 is 6.44. The van der Waals surface area contributed by atoms with Crippen molar-refractivity contribution >= 4 is 17.5 Å². The fraction of sp³-hybridized carbons (Fsp3) is 0.333. The van der Waals surface area contributed by atoms with Gasteiger partial charge in [-0.25, -0.2) is 9.97 Å². The van der Waals surface area contributed by atoms with Crippen LogP contribution in [0.3, 0.4) is 0 Å². The minimum atomic E-state index is -0.169. The van der Waals surface area contributed by atoms with E-state index < -0.39 is 0 Å². The summed E-state index contributed by atoms with van der Waals surface area (Å²) in [6, 6.07) is 5.74. The van der Waals surface area contributed by atoms with Crippen LogP contribution in [0.2, 0.25) is 5.02 Å². The molecule has 0 unspecified atom stereocenters. The van der Waals surface area contributed by atoms with Crippen molar-refractivity contribution in [1.29, 1.82) is 0 Å². The Morgan fingerprint density at radius 2 is 2.07 bits per heavy atom. The standard InChI is InChI=1S/C21H22ClN5O2/c1-3-4-16-8-19(27(2)26-16)21(28)25-11-17-6-14-5-13(7-18(22)20(14)29-17)15-9-23-12-24-10-15/h5,7-10,12,17H,3-4,6,11H2,1-2H3,(H,25,28)/t17-/m1/s1. The molecule has 1 aliphatic heterocycles. The highest BCUT2D eigenvalue weighted by Crippen LogP contribution is 2.39. The summed E-state index contributed by atoms with van der Waals surface area (Å²) in [6.45, 7) is 2.48. The quantitative estimate of drug-likeness (QED) is 0.673. The Morgan fingerprint density at radius 1 is 1.28 bits per heavy atom. The van der Waals surface area contributed by atoms with Crippen LogP contribution in [0.25, 0.3) is 11.1 Å². The molecule has 0 spiro atoms. The maximum atomic E-state index is 12.6. The van der Waals surface area contributed by atoms with Gasteiger partial charge in [0.1, 0.15) is 23.9 Å². The zero-order chi connectivity index (χ0) is 20.4. The SMILES string of the molecule is CCCc1cc(C(=O)NC[C@H]2Cc3cc(-c4cncnc4)cc(Cl)c3O2)n(C)n1. The van der Waals surface area contributed by atoms with Crippen LogP contribution in [0.1, 0.15) is 35.1 Å². The van der Waals surface area contributed by atoms with Gasteiger partial charge in [0.15, 0.2) is 0 Å². The zero-order valence-corrected chi connectivity index (χ0v) is 17.1. The van der Waals surface area contributed by atoms with Crippen molar-refractivity contribution in [3.8, 4) is 16.9 Å². The topological polar surface area (TPSA) is 81.9 Å². The predicted octanol–water partition coefficient (Wildman–Crippen LogP) is 3.22. The van der Waals surface area contributed by atoms with Gasteiger partial charge in [0.25, 0.3) is 5.91 Å². The number of nitrogens with zero attached hydrogens (tertiary/aromatic N) is 4. The van der Waals surface area contributed by atoms with E-state index in [4.69, 9.17) is 16.3 Å². The first kappa shape index (κ1) is 19.4. The smallest absolute Gasteiger partial charge is 0.269 e. The van der Waals surface area contributed by atoms with Crippen molar-refractivity contribution in [3.63, 3.8) is 0 Å². The highest BCUT2D eigenvalue weighted by molar-refractivity contribution is 6.32. The van der Waals surface area contributed by atoms with Gasteiger partial charge in [-0.15, -0.1) is 0 Å². The highest BCUT2D eigenvalue weighted by Gasteiger charge is 2.27. The van der Waals surface area contributed by atoms with E-state index in [0.29, 0.717) is 29.4 Å². The van der Waals surface area contributed by atoms with Crippen LogP contribution in [0.4, 0.5) is 0 Å². The van der Waals surface area contributed by atoms with E-state index in [-0.39, 0.29) is 12.0 Å². The molecule has 1 aliphatic rings. The number of benzene rings is 1. The first-order chi connectivity index (χ1) is 14.0. The average Bonchev–Trinajstić information content (AvgIpc) is 3.30. The first-order valence-corrected chi connectivity index (χ1v) is 9.98. The molecular formula is C21H22ClN5O2. The molecule has 0 bridgehead atoms. The van der Waals surface area contributed by atoms with E-state index in [1.165, 1.54) is 6.33 Å². The molecule has 1 atom stereocenters. The second kappa shape index (κ2) is 8.21. The van der Waals surface area contributed by atoms with Crippen LogP contribution < -0.4 is 10.1 Å². The van der Waals surface area contributed by atoms with Gasteiger partial charge in [-0.2, -0.15) is 5.10 Å². The van der Waals surface area contributed by atoms with Crippen LogP contribution in [0.15, 0.2) is 36.9 Å². The predicted molar refractivity (Wildman–Crippen MR) is 110 cm³/mol. The number of amides is 1. The third-order valence-corrected chi connectivity index (χ3v) is 5.19. The molecule has 150 valence electrons. The number of rotatable bonds is 6. The number of hydrogen-bond donors (Lipinski definition) is 1. The number of halogens is 1. The maximum absolute atomic E-state index is 12.6. The molecule has 3 aromatic rings. The number of hydrogen-bond acceptors (Lipinski definition) is 5. The summed E-state index contributed by atoms with van der Waals surface area (Å²) in [5.41, 5.74) is 4.33. The number of carbonyl (C=O) groups excluding carboxylic acids is 1. The maximum Gasteiger partial charge on any atom is 0.269 e. The minimum absolute atomic E-state index is 0.157. The fourth-order valence-corrected chi connectivity index (χ4v) is 3.81. The summed E-state index contributed by atoms with van der Waals surface area (Å²) in [5, 5.41) is 7.88. The minimum Gasteiger partial charge on any atom is -0.486 e. The van der Waals surface area contributed by atoms with Crippen LogP contribution in [0.5, 0.6) is 5.75 Å². The average molecular weight is 412 g/mol. The van der Waals surface area contributed by atoms with Crippen LogP contribution in [-0.4, -0.2) is 38.3 Å². The molecule has 1 amide bonds. The van der Waals surface area contributed by atoms with Crippen LogP contribution >= 0.6 is 11.6 Å². The number of fused-ring (bicyclic) bond motifs is 1. The van der Waals surface area contributed by atoms with E-state index in [9.17, 15) is 4.79 Å². The first-order valence-electron chi connectivity index (χ1n) is 9.60. The Labute approximate surface area is 174 Å². The summed E-state index contributed by atoms with van der Waals surface area (Å²) in [6.07, 6.45) is 7.34. The van der Waals surface area contributed by atoms with Gasteiger partial charge in [-0.3, -0.25) is 9.48 Å². The summed E-state index contributed by atoms with van der Waals surface area (Å²) in [7, 11) is 1.78.